The molecule has 1 amide bonds. The molecule has 3 nitrogen and oxygen atoms in total. The molecule has 1 spiro atoms. The van der Waals surface area contributed by atoms with Gasteiger partial charge in [0.25, 0.3) is 0 Å². The normalized spacial score (nSPS) is 46.8. The minimum absolute atomic E-state index is 0.170. The maximum absolute atomic E-state index is 12.2. The van der Waals surface area contributed by atoms with Crippen molar-refractivity contribution in [3.8, 4) is 12.3 Å². The largest absolute Gasteiger partial charge is 0.380 e. The molecule has 1 saturated carbocycles. The molecular formula is C12H13NO2. The van der Waals surface area contributed by atoms with Gasteiger partial charge < -0.3 is 9.64 Å². The van der Waals surface area contributed by atoms with Crippen molar-refractivity contribution in [2.75, 3.05) is 20.3 Å². The molecule has 1 saturated heterocycles. The zero-order chi connectivity index (χ0) is 10.6. The summed E-state index contributed by atoms with van der Waals surface area (Å²) in [4.78, 5) is 13.8. The van der Waals surface area contributed by atoms with E-state index in [4.69, 9.17) is 11.2 Å². The summed E-state index contributed by atoms with van der Waals surface area (Å²) in [5.41, 5.74) is -0.333. The molecule has 2 aliphatic heterocycles. The van der Waals surface area contributed by atoms with E-state index in [9.17, 15) is 4.79 Å². The van der Waals surface area contributed by atoms with Gasteiger partial charge in [-0.1, -0.05) is 6.08 Å². The molecule has 2 fully saturated rings. The smallest absolute Gasteiger partial charge is 0.235 e. The van der Waals surface area contributed by atoms with E-state index in [2.05, 4.69) is 12.0 Å². The monoisotopic (exact) mass is 203 g/mol. The number of ether oxygens (including phenoxy) is 1. The van der Waals surface area contributed by atoms with Gasteiger partial charge in [0.05, 0.1) is 18.6 Å². The lowest BCUT2D eigenvalue weighted by atomic mass is 9.47. The zero-order valence-corrected chi connectivity index (χ0v) is 8.64. The Kier molecular flexibility index (Phi) is 1.59. The molecule has 3 aliphatic rings. The summed E-state index contributed by atoms with van der Waals surface area (Å²) in [6.45, 7) is 1.17. The van der Waals surface area contributed by atoms with Gasteiger partial charge in [-0.15, -0.1) is 12.3 Å². The van der Waals surface area contributed by atoms with Crippen LogP contribution < -0.4 is 0 Å². The van der Waals surface area contributed by atoms with E-state index in [1.54, 1.807) is 11.9 Å². The summed E-state index contributed by atoms with van der Waals surface area (Å²) in [6, 6.07) is 0. The Balaban J connectivity index is 2.06. The van der Waals surface area contributed by atoms with E-state index in [-0.39, 0.29) is 29.1 Å². The molecule has 78 valence electrons. The van der Waals surface area contributed by atoms with Gasteiger partial charge in [-0.3, -0.25) is 4.79 Å². The van der Waals surface area contributed by atoms with Crippen LogP contribution in [0.4, 0.5) is 0 Å². The number of hydrogen-bond acceptors (Lipinski definition) is 2. The maximum Gasteiger partial charge on any atom is 0.235 e. The molecule has 4 atom stereocenters. The second-order valence-electron chi connectivity index (χ2n) is 4.64. The Bertz CT molecular complexity index is 395. The Morgan fingerprint density at radius 3 is 3.27 bits per heavy atom. The van der Waals surface area contributed by atoms with Crippen LogP contribution in [0.1, 0.15) is 0 Å². The number of carbonyl (C=O) groups is 1. The van der Waals surface area contributed by atoms with Crippen LogP contribution in [0, 0.1) is 35.5 Å². The predicted octanol–water partition coefficient (Wildman–Crippen LogP) is 0.484. The van der Waals surface area contributed by atoms with Crippen LogP contribution in [0.2, 0.25) is 0 Å². The fourth-order valence-electron chi connectivity index (χ4n) is 3.32. The lowest BCUT2D eigenvalue weighted by Gasteiger charge is -2.55. The van der Waals surface area contributed by atoms with Crippen molar-refractivity contribution >= 4 is 5.91 Å². The summed E-state index contributed by atoms with van der Waals surface area (Å²) >= 11 is 0. The van der Waals surface area contributed by atoms with E-state index in [1.807, 2.05) is 6.20 Å². The first-order chi connectivity index (χ1) is 7.21. The van der Waals surface area contributed by atoms with E-state index in [1.165, 1.54) is 0 Å². The Labute approximate surface area is 89.1 Å². The third-order valence-electron chi connectivity index (χ3n) is 4.14. The number of allylic oxidation sites excluding steroid dienone is 1. The molecule has 3 heteroatoms. The van der Waals surface area contributed by atoms with Gasteiger partial charge in [-0.2, -0.15) is 0 Å². The van der Waals surface area contributed by atoms with Gasteiger partial charge in [-0.25, -0.2) is 0 Å². The highest BCUT2D eigenvalue weighted by molar-refractivity contribution is 5.87. The number of rotatable bonds is 0. The first-order valence-corrected chi connectivity index (χ1v) is 5.21. The summed E-state index contributed by atoms with van der Waals surface area (Å²) in [5.74, 6) is 3.57. The topological polar surface area (TPSA) is 29.5 Å². The van der Waals surface area contributed by atoms with Gasteiger partial charge in [0.1, 0.15) is 0 Å². The second kappa shape index (κ2) is 2.65. The first kappa shape index (κ1) is 8.99. The number of hydrogen-bond donors (Lipinski definition) is 0. The van der Waals surface area contributed by atoms with Crippen LogP contribution in [0.15, 0.2) is 12.3 Å². The van der Waals surface area contributed by atoms with Crippen molar-refractivity contribution in [1.82, 2.24) is 4.90 Å². The van der Waals surface area contributed by atoms with Crippen molar-refractivity contribution in [3.05, 3.63) is 12.3 Å². The van der Waals surface area contributed by atoms with Crippen LogP contribution in [0.25, 0.3) is 0 Å². The summed E-state index contributed by atoms with van der Waals surface area (Å²) in [5, 5.41) is 0. The number of amides is 1. The molecule has 15 heavy (non-hydrogen) atoms. The molecule has 0 N–H and O–H groups in total. The second-order valence-corrected chi connectivity index (χ2v) is 4.64. The molecule has 0 radical (unpaired) electrons. The third kappa shape index (κ3) is 0.803. The van der Waals surface area contributed by atoms with Crippen LogP contribution in [0.5, 0.6) is 0 Å². The highest BCUT2D eigenvalue weighted by Gasteiger charge is 2.69. The van der Waals surface area contributed by atoms with Gasteiger partial charge in [0, 0.05) is 31.0 Å². The Morgan fingerprint density at radius 1 is 1.73 bits per heavy atom. The molecule has 0 bridgehead atoms. The standard InChI is InChI=1S/C12H13NO2/c1-3-8-9-4-5-13(2)11(14)12(9)7-15-6-10(8)12/h1,4-5,8-10H,6-7H2,2H3/t8-,9-,10-,12-/m1/s1. The fraction of sp³-hybridized carbons (Fsp3) is 0.583. The predicted molar refractivity (Wildman–Crippen MR) is 54.5 cm³/mol. The maximum atomic E-state index is 12.2. The van der Waals surface area contributed by atoms with Gasteiger partial charge >= 0.3 is 0 Å². The first-order valence-electron chi connectivity index (χ1n) is 5.21. The van der Waals surface area contributed by atoms with Crippen molar-refractivity contribution in [2.24, 2.45) is 23.2 Å². The SMILES string of the molecule is C#C[C@@H]1[C@H]2C=CN(C)C(=O)[C@]23COC[C@H]13. The zero-order valence-electron chi connectivity index (χ0n) is 8.64. The highest BCUT2D eigenvalue weighted by atomic mass is 16.5. The van der Waals surface area contributed by atoms with Gasteiger partial charge in [-0.05, 0) is 0 Å². The van der Waals surface area contributed by atoms with Crippen molar-refractivity contribution in [2.45, 2.75) is 0 Å². The summed E-state index contributed by atoms with van der Waals surface area (Å²) in [7, 11) is 1.79. The van der Waals surface area contributed by atoms with Gasteiger partial charge in [0.2, 0.25) is 5.91 Å². The number of nitrogens with zero attached hydrogens (tertiary/aromatic N) is 1. The third-order valence-corrected chi connectivity index (χ3v) is 4.14. The van der Waals surface area contributed by atoms with E-state index < -0.39 is 0 Å². The lowest BCUT2D eigenvalue weighted by Crippen LogP contribution is -2.64. The fourth-order valence-corrected chi connectivity index (χ4v) is 3.32. The molecule has 0 aromatic rings. The molecule has 0 unspecified atom stereocenters. The van der Waals surface area contributed by atoms with E-state index in [0.717, 1.165) is 0 Å². The van der Waals surface area contributed by atoms with Crippen molar-refractivity contribution < 1.29 is 9.53 Å². The quantitative estimate of drug-likeness (QED) is 0.536. The van der Waals surface area contributed by atoms with Crippen LogP contribution in [-0.4, -0.2) is 31.1 Å². The van der Waals surface area contributed by atoms with Crippen LogP contribution >= 0.6 is 0 Å². The average Bonchev–Trinajstić information content (AvgIpc) is 2.56. The Hall–Kier alpha value is -1.27. The van der Waals surface area contributed by atoms with E-state index in [0.29, 0.717) is 13.2 Å². The van der Waals surface area contributed by atoms with Gasteiger partial charge in [0.15, 0.2) is 0 Å². The molecule has 2 heterocycles. The molecule has 3 rings (SSSR count). The van der Waals surface area contributed by atoms with Crippen molar-refractivity contribution in [1.29, 1.82) is 0 Å². The minimum atomic E-state index is -0.333. The summed E-state index contributed by atoms with van der Waals surface area (Å²) < 4.78 is 5.47. The summed E-state index contributed by atoms with van der Waals surface area (Å²) in [6.07, 6.45) is 9.41. The Morgan fingerprint density at radius 2 is 2.53 bits per heavy atom. The molecule has 1 aliphatic carbocycles. The average molecular weight is 203 g/mol. The van der Waals surface area contributed by atoms with E-state index >= 15 is 0 Å². The minimum Gasteiger partial charge on any atom is -0.380 e. The molecule has 0 aromatic carbocycles. The highest BCUT2D eigenvalue weighted by Crippen LogP contribution is 2.61. The lowest BCUT2D eigenvalue weighted by molar-refractivity contribution is -0.158. The van der Waals surface area contributed by atoms with Crippen molar-refractivity contribution in [3.63, 3.8) is 0 Å². The number of carbonyl (C=O) groups excluding carboxylic acids is 1. The van der Waals surface area contributed by atoms with Crippen LogP contribution in [0.3, 0.4) is 0 Å². The number of terminal acetylenes is 1. The van der Waals surface area contributed by atoms with Crippen LogP contribution in [-0.2, 0) is 9.53 Å². The molecule has 0 aromatic heterocycles. The molecular weight excluding hydrogens is 190 g/mol.